The summed E-state index contributed by atoms with van der Waals surface area (Å²) in [6.07, 6.45) is 0. The summed E-state index contributed by atoms with van der Waals surface area (Å²) in [6.45, 7) is 8.68. The number of imidazole rings is 1. The van der Waals surface area contributed by atoms with Crippen LogP contribution in [-0.4, -0.2) is 9.38 Å². The molecule has 0 saturated heterocycles. The average molecular weight is 542 g/mol. The molecule has 5 rings (SSSR count). The van der Waals surface area contributed by atoms with Crippen molar-refractivity contribution in [3.8, 4) is 11.3 Å². The Hall–Kier alpha value is -2.48. The molecule has 0 saturated carbocycles. The fraction of sp³-hybridized carbons (Fsp3) is 0.160. The second-order valence-corrected chi connectivity index (χ2v) is 7.46. The summed E-state index contributed by atoms with van der Waals surface area (Å²) in [7, 11) is 0. The van der Waals surface area contributed by atoms with Gasteiger partial charge in [-0.15, -0.1) is 29.7 Å². The van der Waals surface area contributed by atoms with Crippen LogP contribution in [0.2, 0.25) is 0 Å². The predicted molar refractivity (Wildman–Crippen MR) is 113 cm³/mol. The van der Waals surface area contributed by atoms with Crippen LogP contribution < -0.4 is 0 Å². The number of rotatable bonds is 1. The van der Waals surface area contributed by atoms with Gasteiger partial charge in [0, 0.05) is 36.9 Å². The van der Waals surface area contributed by atoms with Crippen molar-refractivity contribution in [1.29, 1.82) is 0 Å². The van der Waals surface area contributed by atoms with E-state index in [2.05, 4.69) is 86.7 Å². The maximum atomic E-state index is 5.12. The summed E-state index contributed by atoms with van der Waals surface area (Å²) in [4.78, 5) is 5.12. The zero-order valence-corrected chi connectivity index (χ0v) is 18.8. The molecule has 141 valence electrons. The molecular weight excluding hydrogens is 521 g/mol. The SMILES string of the molecule is Cc1cc(C)c2c(c1)c1ccc[c-]c1c1nc(-c3ccccc3C)c(C)n12.[Ir]. The second-order valence-electron chi connectivity index (χ2n) is 7.46. The summed E-state index contributed by atoms with van der Waals surface area (Å²) >= 11 is 0. The Morgan fingerprint density at radius 2 is 1.64 bits per heavy atom. The number of nitrogens with zero attached hydrogens (tertiary/aromatic N) is 2. The van der Waals surface area contributed by atoms with Crippen molar-refractivity contribution >= 4 is 27.3 Å². The van der Waals surface area contributed by atoms with E-state index in [0.717, 1.165) is 16.7 Å². The monoisotopic (exact) mass is 542 g/mol. The van der Waals surface area contributed by atoms with Crippen LogP contribution in [0.5, 0.6) is 0 Å². The number of fused-ring (bicyclic) bond motifs is 6. The van der Waals surface area contributed by atoms with Crippen molar-refractivity contribution < 1.29 is 20.1 Å². The van der Waals surface area contributed by atoms with E-state index in [1.54, 1.807) is 0 Å². The molecule has 3 aromatic carbocycles. The average Bonchev–Trinajstić information content (AvgIpc) is 2.99. The molecule has 0 spiro atoms. The molecule has 2 nitrogen and oxygen atoms in total. The molecule has 0 aliphatic carbocycles. The zero-order chi connectivity index (χ0) is 18.7. The fourth-order valence-corrected chi connectivity index (χ4v) is 4.34. The van der Waals surface area contributed by atoms with Gasteiger partial charge in [-0.3, -0.25) is 4.98 Å². The van der Waals surface area contributed by atoms with Crippen LogP contribution in [0.1, 0.15) is 22.4 Å². The number of aryl methyl sites for hydroxylation is 4. The molecule has 5 aromatic rings. The largest absolute Gasteiger partial charge is 0.337 e. The third-order valence-electron chi connectivity index (χ3n) is 5.55. The number of pyridine rings is 1. The Morgan fingerprint density at radius 1 is 0.857 bits per heavy atom. The van der Waals surface area contributed by atoms with Gasteiger partial charge in [-0.25, -0.2) is 0 Å². The number of hydrogen-bond donors (Lipinski definition) is 0. The fourth-order valence-electron chi connectivity index (χ4n) is 4.34. The predicted octanol–water partition coefficient (Wildman–Crippen LogP) is 6.34. The number of hydrogen-bond acceptors (Lipinski definition) is 1. The Kier molecular flexibility index (Phi) is 4.61. The van der Waals surface area contributed by atoms with Gasteiger partial charge < -0.3 is 4.40 Å². The molecule has 2 aromatic heterocycles. The molecule has 0 fully saturated rings. The molecule has 1 radical (unpaired) electrons. The van der Waals surface area contributed by atoms with E-state index in [1.165, 1.54) is 44.2 Å². The molecule has 3 heteroatoms. The van der Waals surface area contributed by atoms with Crippen LogP contribution in [0, 0.1) is 33.8 Å². The summed E-state index contributed by atoms with van der Waals surface area (Å²) in [5, 5.41) is 3.56. The van der Waals surface area contributed by atoms with Crippen molar-refractivity contribution in [2.24, 2.45) is 0 Å². The molecule has 0 amide bonds. The minimum atomic E-state index is 0. The maximum absolute atomic E-state index is 5.12. The standard InChI is InChI=1S/C25H21N2.Ir/c1-15-13-17(3)24-22(14-15)20-11-7-8-12-21(20)25-26-23(18(4)27(24)25)19-10-6-5-9-16(19)2;/h5-11,13-14H,1-4H3;/q-1;. The summed E-state index contributed by atoms with van der Waals surface area (Å²) < 4.78 is 2.32. The molecular formula is C25H21IrN2-. The van der Waals surface area contributed by atoms with Crippen molar-refractivity contribution in [3.63, 3.8) is 0 Å². The molecule has 0 atom stereocenters. The molecule has 0 aliphatic rings. The Balaban J connectivity index is 0.00000192. The quantitative estimate of drug-likeness (QED) is 0.179. The van der Waals surface area contributed by atoms with Crippen molar-refractivity contribution in [2.45, 2.75) is 27.7 Å². The molecule has 0 bridgehead atoms. The summed E-state index contributed by atoms with van der Waals surface area (Å²) in [5.74, 6) is 0. The van der Waals surface area contributed by atoms with Crippen LogP contribution in [0.25, 0.3) is 38.6 Å². The summed E-state index contributed by atoms with van der Waals surface area (Å²) in [5.41, 5.74) is 9.46. The molecule has 0 unspecified atom stereocenters. The van der Waals surface area contributed by atoms with Crippen LogP contribution in [0.15, 0.2) is 54.6 Å². The van der Waals surface area contributed by atoms with Gasteiger partial charge in [0.25, 0.3) is 0 Å². The Morgan fingerprint density at radius 3 is 2.43 bits per heavy atom. The van der Waals surface area contributed by atoms with E-state index in [9.17, 15) is 0 Å². The van der Waals surface area contributed by atoms with E-state index < -0.39 is 0 Å². The van der Waals surface area contributed by atoms with Gasteiger partial charge in [-0.1, -0.05) is 47.3 Å². The van der Waals surface area contributed by atoms with Crippen LogP contribution in [-0.2, 0) is 20.1 Å². The topological polar surface area (TPSA) is 17.3 Å². The first-order valence-corrected chi connectivity index (χ1v) is 9.34. The van der Waals surface area contributed by atoms with E-state index in [1.807, 2.05) is 6.07 Å². The molecule has 28 heavy (non-hydrogen) atoms. The first-order chi connectivity index (χ1) is 13.1. The first kappa shape index (κ1) is 18.9. The maximum Gasteiger partial charge on any atom is 0.0804 e. The van der Waals surface area contributed by atoms with Crippen LogP contribution in [0.4, 0.5) is 0 Å². The number of aromatic nitrogens is 2. The normalized spacial score (nSPS) is 11.3. The van der Waals surface area contributed by atoms with Gasteiger partial charge in [0.05, 0.1) is 11.3 Å². The van der Waals surface area contributed by atoms with Gasteiger partial charge in [0.1, 0.15) is 0 Å². The van der Waals surface area contributed by atoms with Gasteiger partial charge in [0.15, 0.2) is 0 Å². The smallest absolute Gasteiger partial charge is 0.0804 e. The minimum absolute atomic E-state index is 0. The van der Waals surface area contributed by atoms with Crippen LogP contribution in [0.3, 0.4) is 0 Å². The van der Waals surface area contributed by atoms with Gasteiger partial charge in [-0.2, -0.15) is 0 Å². The van der Waals surface area contributed by atoms with Crippen molar-refractivity contribution in [2.75, 3.05) is 0 Å². The third-order valence-corrected chi connectivity index (χ3v) is 5.55. The molecule has 2 heterocycles. The van der Waals surface area contributed by atoms with E-state index >= 15 is 0 Å². The van der Waals surface area contributed by atoms with Gasteiger partial charge >= 0.3 is 0 Å². The zero-order valence-electron chi connectivity index (χ0n) is 16.4. The molecule has 0 N–H and O–H groups in total. The first-order valence-electron chi connectivity index (χ1n) is 9.34. The third kappa shape index (κ3) is 2.62. The van der Waals surface area contributed by atoms with Gasteiger partial charge in [0.2, 0.25) is 0 Å². The summed E-state index contributed by atoms with van der Waals surface area (Å²) in [6, 6.07) is 22.7. The van der Waals surface area contributed by atoms with E-state index in [-0.39, 0.29) is 20.1 Å². The Labute approximate surface area is 178 Å². The van der Waals surface area contributed by atoms with Crippen LogP contribution >= 0.6 is 0 Å². The number of benzene rings is 3. The van der Waals surface area contributed by atoms with Crippen molar-refractivity contribution in [3.05, 3.63) is 83.0 Å². The van der Waals surface area contributed by atoms with E-state index in [4.69, 9.17) is 4.98 Å². The van der Waals surface area contributed by atoms with Crippen molar-refractivity contribution in [1.82, 2.24) is 9.38 Å². The van der Waals surface area contributed by atoms with Gasteiger partial charge in [-0.05, 0) is 44.2 Å². The van der Waals surface area contributed by atoms with E-state index in [0.29, 0.717) is 0 Å². The second kappa shape index (κ2) is 6.84. The molecule has 0 aliphatic heterocycles. The minimum Gasteiger partial charge on any atom is -0.337 e. The Bertz CT molecular complexity index is 1360.